The van der Waals surface area contributed by atoms with Gasteiger partial charge in [-0.2, -0.15) is 18.3 Å². The lowest BCUT2D eigenvalue weighted by Crippen LogP contribution is -2.05. The van der Waals surface area contributed by atoms with Crippen LogP contribution in [0.1, 0.15) is 23.9 Å². The van der Waals surface area contributed by atoms with Crippen molar-refractivity contribution in [3.05, 3.63) is 108 Å². The average molecular weight is 528 g/mol. The molecule has 3 aromatic carbocycles. The van der Waals surface area contributed by atoms with E-state index in [4.69, 9.17) is 0 Å². The Morgan fingerprint density at radius 3 is 2.28 bits per heavy atom. The maximum absolute atomic E-state index is 12.9. The van der Waals surface area contributed by atoms with E-state index in [1.54, 1.807) is 18.2 Å². The number of halogens is 3. The number of aryl methyl sites for hydroxylation is 1. The van der Waals surface area contributed by atoms with Crippen molar-refractivity contribution in [3.8, 4) is 0 Å². The Balaban J connectivity index is 1.27. The zero-order chi connectivity index (χ0) is 27.2. The molecule has 0 fully saturated rings. The molecule has 5 rings (SSSR count). The summed E-state index contributed by atoms with van der Waals surface area (Å²) in [6, 6.07) is 24.2. The predicted octanol–water partition coefficient (Wildman–Crippen LogP) is 7.54. The molecule has 0 amide bonds. The second-order valence-electron chi connectivity index (χ2n) is 8.62. The molecule has 196 valence electrons. The number of nitrogens with one attached hydrogen (secondary N) is 3. The molecule has 3 N–H and O–H groups in total. The van der Waals surface area contributed by atoms with Gasteiger partial charge in [0.15, 0.2) is 0 Å². The number of hydrogen-bond acceptors (Lipinski definition) is 7. The fraction of sp³-hybridized carbons (Fsp3) is 0.103. The van der Waals surface area contributed by atoms with E-state index in [-0.39, 0.29) is 0 Å². The van der Waals surface area contributed by atoms with Crippen molar-refractivity contribution < 1.29 is 13.2 Å². The molecule has 0 saturated heterocycles. The number of pyridine rings is 1. The first-order chi connectivity index (χ1) is 18.9. The molecular formula is C29H24F3N7. The smallest absolute Gasteiger partial charge is 0.355 e. The molecule has 7 nitrogen and oxygen atoms in total. The molecule has 0 aliphatic rings. The highest BCUT2D eigenvalue weighted by Gasteiger charge is 2.30. The van der Waals surface area contributed by atoms with E-state index in [1.807, 2.05) is 55.5 Å². The third kappa shape index (κ3) is 6.48. The van der Waals surface area contributed by atoms with Crippen LogP contribution >= 0.6 is 0 Å². The Bertz CT molecular complexity index is 1600. The van der Waals surface area contributed by atoms with Crippen molar-refractivity contribution in [2.24, 2.45) is 5.10 Å². The van der Waals surface area contributed by atoms with E-state index in [1.165, 1.54) is 18.5 Å². The fourth-order valence-corrected chi connectivity index (χ4v) is 3.93. The SMILES string of the molecule is CCc1nc(N/N=C/c2ccc(Nc3cccc(C(F)(F)F)c3)cn2)nc2cc(Nc3ccccc3)ccc12. The number of alkyl halides is 3. The van der Waals surface area contributed by atoms with Gasteiger partial charge in [0.05, 0.1) is 40.6 Å². The zero-order valence-corrected chi connectivity index (χ0v) is 20.9. The van der Waals surface area contributed by atoms with Gasteiger partial charge in [0.2, 0.25) is 5.95 Å². The van der Waals surface area contributed by atoms with E-state index >= 15 is 0 Å². The summed E-state index contributed by atoms with van der Waals surface area (Å²) in [5.41, 5.74) is 7.12. The first-order valence-corrected chi connectivity index (χ1v) is 12.2. The van der Waals surface area contributed by atoms with Crippen molar-refractivity contribution in [2.45, 2.75) is 19.5 Å². The number of anilines is 5. The number of benzene rings is 3. The van der Waals surface area contributed by atoms with Crippen LogP contribution in [-0.2, 0) is 12.6 Å². The Morgan fingerprint density at radius 1 is 0.795 bits per heavy atom. The number of nitrogens with zero attached hydrogens (tertiary/aromatic N) is 4. The van der Waals surface area contributed by atoms with Gasteiger partial charge in [0.25, 0.3) is 0 Å². The molecule has 0 aliphatic carbocycles. The Labute approximate surface area is 222 Å². The van der Waals surface area contributed by atoms with Gasteiger partial charge >= 0.3 is 6.18 Å². The number of hydrazone groups is 1. The van der Waals surface area contributed by atoms with E-state index in [0.717, 1.165) is 46.5 Å². The number of para-hydroxylation sites is 1. The van der Waals surface area contributed by atoms with Crippen LogP contribution in [0.5, 0.6) is 0 Å². The number of rotatable bonds is 8. The monoisotopic (exact) mass is 527 g/mol. The van der Waals surface area contributed by atoms with Crippen molar-refractivity contribution in [1.29, 1.82) is 0 Å². The summed E-state index contributed by atoms with van der Waals surface area (Å²) in [5.74, 6) is 0.357. The van der Waals surface area contributed by atoms with Crippen LogP contribution in [0.2, 0.25) is 0 Å². The van der Waals surface area contributed by atoms with Crippen molar-refractivity contribution in [3.63, 3.8) is 0 Å². The number of hydrogen-bond donors (Lipinski definition) is 3. The van der Waals surface area contributed by atoms with Gasteiger partial charge in [-0.1, -0.05) is 31.2 Å². The maximum Gasteiger partial charge on any atom is 0.416 e. The lowest BCUT2D eigenvalue weighted by molar-refractivity contribution is -0.137. The largest absolute Gasteiger partial charge is 0.416 e. The molecule has 0 unspecified atom stereocenters. The molecule has 0 radical (unpaired) electrons. The van der Waals surface area contributed by atoms with Crippen LogP contribution in [0.4, 0.5) is 41.9 Å². The van der Waals surface area contributed by atoms with Crippen LogP contribution in [0, 0.1) is 0 Å². The average Bonchev–Trinajstić information content (AvgIpc) is 2.94. The molecule has 5 aromatic rings. The highest BCUT2D eigenvalue weighted by Crippen LogP contribution is 2.31. The predicted molar refractivity (Wildman–Crippen MR) is 149 cm³/mol. The topological polar surface area (TPSA) is 87.1 Å². The highest BCUT2D eigenvalue weighted by molar-refractivity contribution is 5.86. The quantitative estimate of drug-likeness (QED) is 0.143. The fourth-order valence-electron chi connectivity index (χ4n) is 3.93. The van der Waals surface area contributed by atoms with Gasteiger partial charge in [-0.05, 0) is 67.1 Å². The van der Waals surface area contributed by atoms with Crippen LogP contribution in [-0.4, -0.2) is 21.2 Å². The number of aromatic nitrogens is 3. The Morgan fingerprint density at radius 2 is 1.54 bits per heavy atom. The lowest BCUT2D eigenvalue weighted by Gasteiger charge is -2.10. The van der Waals surface area contributed by atoms with Crippen molar-refractivity contribution >= 4 is 45.8 Å². The summed E-state index contributed by atoms with van der Waals surface area (Å²) in [4.78, 5) is 13.5. The normalized spacial score (nSPS) is 11.6. The molecule has 0 aliphatic heterocycles. The van der Waals surface area contributed by atoms with E-state index < -0.39 is 11.7 Å². The van der Waals surface area contributed by atoms with Gasteiger partial charge in [0, 0.05) is 22.4 Å². The third-order valence-corrected chi connectivity index (χ3v) is 5.80. The zero-order valence-electron chi connectivity index (χ0n) is 20.9. The molecule has 2 aromatic heterocycles. The van der Waals surface area contributed by atoms with Crippen molar-refractivity contribution in [1.82, 2.24) is 15.0 Å². The summed E-state index contributed by atoms with van der Waals surface area (Å²) >= 11 is 0. The van der Waals surface area contributed by atoms with E-state index in [0.29, 0.717) is 23.0 Å². The first-order valence-electron chi connectivity index (χ1n) is 12.2. The second-order valence-corrected chi connectivity index (χ2v) is 8.62. The molecule has 0 atom stereocenters. The Hall–Kier alpha value is -4.99. The van der Waals surface area contributed by atoms with Gasteiger partial charge < -0.3 is 10.6 Å². The number of fused-ring (bicyclic) bond motifs is 1. The maximum atomic E-state index is 12.9. The van der Waals surface area contributed by atoms with Crippen LogP contribution in [0.25, 0.3) is 10.9 Å². The van der Waals surface area contributed by atoms with Crippen molar-refractivity contribution in [2.75, 3.05) is 16.1 Å². The van der Waals surface area contributed by atoms with Gasteiger partial charge in [-0.25, -0.2) is 15.4 Å². The van der Waals surface area contributed by atoms with Gasteiger partial charge in [-0.15, -0.1) is 0 Å². The first kappa shape index (κ1) is 25.7. The third-order valence-electron chi connectivity index (χ3n) is 5.80. The van der Waals surface area contributed by atoms with E-state index in [2.05, 4.69) is 36.1 Å². The summed E-state index contributed by atoms with van der Waals surface area (Å²) < 4.78 is 38.8. The van der Waals surface area contributed by atoms with E-state index in [9.17, 15) is 13.2 Å². The summed E-state index contributed by atoms with van der Waals surface area (Å²) in [6.07, 6.45) is -0.646. The van der Waals surface area contributed by atoms with Crippen LogP contribution < -0.4 is 16.1 Å². The minimum Gasteiger partial charge on any atom is -0.355 e. The molecular weight excluding hydrogens is 503 g/mol. The molecule has 39 heavy (non-hydrogen) atoms. The lowest BCUT2D eigenvalue weighted by atomic mass is 10.1. The molecule has 2 heterocycles. The summed E-state index contributed by atoms with van der Waals surface area (Å²) in [5, 5.41) is 11.5. The van der Waals surface area contributed by atoms with Gasteiger partial charge in [0.1, 0.15) is 0 Å². The Kier molecular flexibility index (Phi) is 7.35. The summed E-state index contributed by atoms with van der Waals surface area (Å²) in [6.45, 7) is 2.03. The molecule has 0 saturated carbocycles. The molecule has 10 heteroatoms. The van der Waals surface area contributed by atoms with Crippen LogP contribution in [0.15, 0.2) is 96.2 Å². The molecule has 0 spiro atoms. The standard InChI is InChI=1S/C29H24F3N7/c1-2-26-25-14-13-22(35-20-8-4-3-5-9-20)16-27(25)38-28(37-26)39-34-18-23-11-12-24(17-33-23)36-21-10-6-7-19(15-21)29(30,31)32/h3-18,35-36H,2H2,1H3,(H,37,38,39)/b34-18+. The van der Waals surface area contributed by atoms with Gasteiger partial charge in [-0.3, -0.25) is 4.98 Å². The van der Waals surface area contributed by atoms with Crippen LogP contribution in [0.3, 0.4) is 0 Å². The molecule has 0 bridgehead atoms. The minimum atomic E-state index is -4.41. The minimum absolute atomic E-state index is 0.317. The highest BCUT2D eigenvalue weighted by atomic mass is 19.4. The summed E-state index contributed by atoms with van der Waals surface area (Å²) in [7, 11) is 0. The second kappa shape index (κ2) is 11.2.